The van der Waals surface area contributed by atoms with Gasteiger partial charge in [0.25, 0.3) is 5.91 Å². The minimum absolute atomic E-state index is 0.0304. The van der Waals surface area contributed by atoms with Crippen LogP contribution in [0.3, 0.4) is 0 Å². The molecule has 2 aromatic heterocycles. The Hall–Kier alpha value is -1.62. The highest BCUT2D eigenvalue weighted by atomic mass is 32.1. The van der Waals surface area contributed by atoms with E-state index in [-0.39, 0.29) is 11.9 Å². The van der Waals surface area contributed by atoms with E-state index in [0.29, 0.717) is 6.04 Å². The minimum Gasteiger partial charge on any atom is -0.467 e. The average Bonchev–Trinajstić information content (AvgIpc) is 3.00. The lowest BCUT2D eigenvalue weighted by Gasteiger charge is -2.27. The lowest BCUT2D eigenvalue weighted by Crippen LogP contribution is -2.35. The smallest absolute Gasteiger partial charge is 0.266 e. The summed E-state index contributed by atoms with van der Waals surface area (Å²) in [6, 6.07) is 4.10. The second kappa shape index (κ2) is 5.40. The molecular weight excluding hydrogens is 272 g/mol. The topological polar surface area (TPSA) is 46.3 Å². The van der Waals surface area contributed by atoms with E-state index < -0.39 is 0 Å². The van der Waals surface area contributed by atoms with Crippen molar-refractivity contribution in [2.45, 2.75) is 45.2 Å². The summed E-state index contributed by atoms with van der Waals surface area (Å²) in [5.41, 5.74) is 0. The molecule has 1 aliphatic rings. The van der Waals surface area contributed by atoms with Crippen molar-refractivity contribution in [3.63, 3.8) is 0 Å². The first-order valence-corrected chi connectivity index (χ1v) is 7.83. The van der Waals surface area contributed by atoms with Crippen LogP contribution in [0, 0.1) is 0 Å². The molecule has 4 nitrogen and oxygen atoms in total. The zero-order chi connectivity index (χ0) is 14.1. The Bertz CT molecular complexity index is 587. The molecule has 1 fully saturated rings. The molecule has 0 radical (unpaired) electrons. The number of hydrogen-bond donors (Lipinski definition) is 0. The third-order valence-electron chi connectivity index (χ3n) is 3.61. The molecular formula is C15H18N2O2S. The first kappa shape index (κ1) is 13.4. The molecule has 0 aliphatic heterocycles. The molecule has 1 amide bonds. The van der Waals surface area contributed by atoms with Gasteiger partial charge in [0.2, 0.25) is 0 Å². The molecule has 0 aromatic carbocycles. The van der Waals surface area contributed by atoms with Crippen LogP contribution in [0.4, 0.5) is 0 Å². The summed E-state index contributed by atoms with van der Waals surface area (Å²) in [6.45, 7) is 4.08. The van der Waals surface area contributed by atoms with Gasteiger partial charge in [0.15, 0.2) is 0 Å². The fraction of sp³-hybridized carbons (Fsp3) is 0.467. The third-order valence-corrected chi connectivity index (χ3v) is 4.74. The fourth-order valence-electron chi connectivity index (χ4n) is 2.38. The second-order valence-electron chi connectivity index (χ2n) is 5.11. The van der Waals surface area contributed by atoms with Gasteiger partial charge in [-0.25, -0.2) is 4.98 Å². The Morgan fingerprint density at radius 1 is 1.60 bits per heavy atom. The van der Waals surface area contributed by atoms with Crippen LogP contribution in [0.5, 0.6) is 0 Å². The zero-order valence-corrected chi connectivity index (χ0v) is 12.5. The normalized spacial score (nSPS) is 16.1. The lowest BCUT2D eigenvalue weighted by atomic mass is 10.2. The quantitative estimate of drug-likeness (QED) is 0.844. The molecule has 1 aliphatic carbocycles. The van der Waals surface area contributed by atoms with Crippen molar-refractivity contribution in [1.82, 2.24) is 9.88 Å². The van der Waals surface area contributed by atoms with Crippen molar-refractivity contribution >= 4 is 17.2 Å². The first-order chi connectivity index (χ1) is 9.70. The van der Waals surface area contributed by atoms with E-state index in [2.05, 4.69) is 11.9 Å². The van der Waals surface area contributed by atoms with E-state index in [0.717, 1.165) is 34.9 Å². The molecule has 20 heavy (non-hydrogen) atoms. The van der Waals surface area contributed by atoms with Crippen molar-refractivity contribution < 1.29 is 9.21 Å². The van der Waals surface area contributed by atoms with Gasteiger partial charge >= 0.3 is 0 Å². The largest absolute Gasteiger partial charge is 0.467 e. The van der Waals surface area contributed by atoms with E-state index in [1.165, 1.54) is 11.3 Å². The van der Waals surface area contributed by atoms with Crippen LogP contribution < -0.4 is 0 Å². The van der Waals surface area contributed by atoms with Crippen LogP contribution in [0.25, 0.3) is 0 Å². The molecule has 0 unspecified atom stereocenters. The van der Waals surface area contributed by atoms with Gasteiger partial charge in [-0.3, -0.25) is 4.79 Å². The number of aryl methyl sites for hydroxylation is 1. The molecule has 1 saturated carbocycles. The molecule has 0 N–H and O–H groups in total. The Morgan fingerprint density at radius 3 is 2.95 bits per heavy atom. The molecule has 3 rings (SSSR count). The summed E-state index contributed by atoms with van der Waals surface area (Å²) in [6.07, 6.45) is 6.39. The summed E-state index contributed by atoms with van der Waals surface area (Å²) in [5, 5.41) is 1.01. The third kappa shape index (κ3) is 2.50. The van der Waals surface area contributed by atoms with E-state index in [1.807, 2.05) is 24.0 Å². The van der Waals surface area contributed by atoms with E-state index in [4.69, 9.17) is 4.42 Å². The molecule has 0 spiro atoms. The Morgan fingerprint density at radius 2 is 2.40 bits per heavy atom. The number of rotatable bonds is 5. The Kier molecular flexibility index (Phi) is 3.61. The van der Waals surface area contributed by atoms with Gasteiger partial charge in [0.1, 0.15) is 10.6 Å². The van der Waals surface area contributed by atoms with Gasteiger partial charge in [-0.2, -0.15) is 0 Å². The number of amides is 1. The minimum atomic E-state index is -0.0304. The fourth-order valence-corrected chi connectivity index (χ4v) is 3.18. The maximum absolute atomic E-state index is 12.7. The van der Waals surface area contributed by atoms with E-state index in [9.17, 15) is 4.79 Å². The maximum Gasteiger partial charge on any atom is 0.266 e. The number of aromatic nitrogens is 1. The van der Waals surface area contributed by atoms with Gasteiger partial charge in [-0.1, -0.05) is 6.92 Å². The highest BCUT2D eigenvalue weighted by Gasteiger charge is 2.38. The number of carbonyl (C=O) groups is 1. The predicted octanol–water partition coefficient (Wildman–Crippen LogP) is 3.66. The van der Waals surface area contributed by atoms with Crippen molar-refractivity contribution in [3.8, 4) is 0 Å². The van der Waals surface area contributed by atoms with Crippen molar-refractivity contribution in [2.75, 3.05) is 0 Å². The average molecular weight is 290 g/mol. The highest BCUT2D eigenvalue weighted by molar-refractivity contribution is 7.13. The molecule has 0 saturated heterocycles. The summed E-state index contributed by atoms with van der Waals surface area (Å²) in [7, 11) is 0. The maximum atomic E-state index is 12.7. The van der Waals surface area contributed by atoms with Crippen LogP contribution in [0.1, 0.15) is 53.2 Å². The van der Waals surface area contributed by atoms with Crippen molar-refractivity contribution in [1.29, 1.82) is 0 Å². The van der Waals surface area contributed by atoms with Gasteiger partial charge in [-0.15, -0.1) is 11.3 Å². The predicted molar refractivity (Wildman–Crippen MR) is 77.8 cm³/mol. The molecule has 106 valence electrons. The number of carbonyl (C=O) groups excluding carboxylic acids is 1. The SMILES string of the molecule is CCc1ncc(C(=O)N(C2CC2)[C@H](C)c2ccco2)s1. The zero-order valence-electron chi connectivity index (χ0n) is 11.7. The Labute approximate surface area is 122 Å². The van der Waals surface area contributed by atoms with E-state index >= 15 is 0 Å². The standard InChI is InChI=1S/C15H18N2O2S/c1-3-14-16-9-13(20-14)15(18)17(11-6-7-11)10(2)12-5-4-8-19-12/h4-5,8-11H,3,6-7H2,1-2H3/t10-/m1/s1. The Balaban J connectivity index is 1.85. The van der Waals surface area contributed by atoms with Crippen LogP contribution >= 0.6 is 11.3 Å². The summed E-state index contributed by atoms with van der Waals surface area (Å²) < 4.78 is 5.46. The summed E-state index contributed by atoms with van der Waals surface area (Å²) in [4.78, 5) is 19.7. The van der Waals surface area contributed by atoms with Gasteiger partial charge in [0.05, 0.1) is 23.5 Å². The molecule has 1 atom stereocenters. The van der Waals surface area contributed by atoms with Crippen LogP contribution in [0.2, 0.25) is 0 Å². The number of furan rings is 1. The van der Waals surface area contributed by atoms with Crippen LogP contribution in [-0.2, 0) is 6.42 Å². The van der Waals surface area contributed by atoms with Gasteiger partial charge in [0, 0.05) is 6.04 Å². The highest BCUT2D eigenvalue weighted by Crippen LogP contribution is 2.36. The summed E-state index contributed by atoms with van der Waals surface area (Å²) >= 11 is 1.50. The van der Waals surface area contributed by atoms with Gasteiger partial charge in [-0.05, 0) is 38.3 Å². The van der Waals surface area contributed by atoms with Gasteiger partial charge < -0.3 is 9.32 Å². The number of thiazole rings is 1. The van der Waals surface area contributed by atoms with E-state index in [1.54, 1.807) is 12.5 Å². The molecule has 2 aromatic rings. The second-order valence-corrected chi connectivity index (χ2v) is 6.22. The molecule has 5 heteroatoms. The van der Waals surface area contributed by atoms with Crippen molar-refractivity contribution in [3.05, 3.63) is 40.2 Å². The first-order valence-electron chi connectivity index (χ1n) is 7.01. The summed E-state index contributed by atoms with van der Waals surface area (Å²) in [5.74, 6) is 0.916. The monoisotopic (exact) mass is 290 g/mol. The van der Waals surface area contributed by atoms with Crippen LogP contribution in [-0.4, -0.2) is 21.8 Å². The molecule has 2 heterocycles. The number of nitrogens with zero attached hydrogens (tertiary/aromatic N) is 2. The number of hydrogen-bond acceptors (Lipinski definition) is 4. The lowest BCUT2D eigenvalue weighted by molar-refractivity contribution is 0.0657. The molecule has 0 bridgehead atoms. The van der Waals surface area contributed by atoms with Crippen molar-refractivity contribution in [2.24, 2.45) is 0 Å². The van der Waals surface area contributed by atoms with Crippen LogP contribution in [0.15, 0.2) is 29.0 Å².